The van der Waals surface area contributed by atoms with Crippen molar-refractivity contribution in [3.8, 4) is 0 Å². The zero-order chi connectivity index (χ0) is 21.1. The summed E-state index contributed by atoms with van der Waals surface area (Å²) in [7, 11) is 0. The highest BCUT2D eigenvalue weighted by Crippen LogP contribution is 2.33. The summed E-state index contributed by atoms with van der Waals surface area (Å²) >= 11 is 4.63. The molecule has 0 aliphatic rings. The van der Waals surface area contributed by atoms with Crippen LogP contribution in [0, 0.1) is 10.1 Å². The van der Waals surface area contributed by atoms with E-state index in [0.717, 1.165) is 21.0 Å². The second kappa shape index (κ2) is 8.39. The van der Waals surface area contributed by atoms with Gasteiger partial charge in [0.2, 0.25) is 11.6 Å². The van der Waals surface area contributed by atoms with E-state index in [4.69, 9.17) is 0 Å². The van der Waals surface area contributed by atoms with Crippen LogP contribution in [-0.2, 0) is 0 Å². The quantitative estimate of drug-likeness (QED) is 0.272. The molecule has 0 bridgehead atoms. The van der Waals surface area contributed by atoms with Crippen molar-refractivity contribution in [2.45, 2.75) is 0 Å². The van der Waals surface area contributed by atoms with Gasteiger partial charge in [-0.25, -0.2) is 15.0 Å². The molecule has 3 N–H and O–H groups in total. The Balaban J connectivity index is 1.57. The molecule has 4 aromatic rings. The Bertz CT molecular complexity index is 1210. The lowest BCUT2D eigenvalue weighted by Gasteiger charge is -2.10. The first-order valence-corrected chi connectivity index (χ1v) is 10.1. The average Bonchev–Trinajstić information content (AvgIpc) is 3.14. The van der Waals surface area contributed by atoms with Gasteiger partial charge in [-0.05, 0) is 36.4 Å². The first kappa shape index (κ1) is 19.7. The molecule has 12 heteroatoms. The van der Waals surface area contributed by atoms with Crippen molar-refractivity contribution >= 4 is 65.8 Å². The number of nitrogens with zero attached hydrogens (tertiary/aromatic N) is 4. The molecule has 0 fully saturated rings. The van der Waals surface area contributed by atoms with Gasteiger partial charge in [0.1, 0.15) is 6.33 Å². The number of fused-ring (bicyclic) bond motifs is 1. The Hall–Kier alpha value is -3.64. The first-order chi connectivity index (χ1) is 14.5. The summed E-state index contributed by atoms with van der Waals surface area (Å²) in [6.07, 6.45) is 1.15. The van der Waals surface area contributed by atoms with Gasteiger partial charge < -0.3 is 5.32 Å². The lowest BCUT2D eigenvalue weighted by Crippen LogP contribution is -2.30. The SMILES string of the molecule is O=C(NNc1ncnc(Nc2nc3ccccc3s2)c1[N+](=O)[O-])c1ccc(Br)cc1. The van der Waals surface area contributed by atoms with Gasteiger partial charge >= 0.3 is 5.69 Å². The van der Waals surface area contributed by atoms with Crippen LogP contribution in [0.1, 0.15) is 10.4 Å². The van der Waals surface area contributed by atoms with E-state index in [1.165, 1.54) is 11.3 Å². The fraction of sp³-hybridized carbons (Fsp3) is 0. The molecule has 0 aliphatic heterocycles. The average molecular weight is 486 g/mol. The topological polar surface area (TPSA) is 135 Å². The fourth-order valence-electron chi connectivity index (χ4n) is 2.55. The zero-order valence-corrected chi connectivity index (χ0v) is 17.4. The van der Waals surface area contributed by atoms with Gasteiger partial charge in [0.25, 0.3) is 5.91 Å². The van der Waals surface area contributed by atoms with Crippen molar-refractivity contribution in [1.29, 1.82) is 0 Å². The number of hydrogen-bond donors (Lipinski definition) is 3. The molecule has 0 spiro atoms. The number of anilines is 3. The number of nitrogens with one attached hydrogen (secondary N) is 3. The van der Waals surface area contributed by atoms with Crippen molar-refractivity contribution in [3.63, 3.8) is 0 Å². The van der Waals surface area contributed by atoms with Crippen molar-refractivity contribution < 1.29 is 9.72 Å². The first-order valence-electron chi connectivity index (χ1n) is 8.45. The van der Waals surface area contributed by atoms with E-state index in [1.807, 2.05) is 24.3 Å². The molecule has 2 aromatic carbocycles. The smallest absolute Gasteiger partial charge is 0.310 e. The minimum atomic E-state index is -0.635. The lowest BCUT2D eigenvalue weighted by atomic mass is 10.2. The monoisotopic (exact) mass is 485 g/mol. The van der Waals surface area contributed by atoms with Crippen LogP contribution in [0.3, 0.4) is 0 Å². The number of nitro groups is 1. The van der Waals surface area contributed by atoms with Crippen LogP contribution >= 0.6 is 27.3 Å². The van der Waals surface area contributed by atoms with Gasteiger partial charge in [-0.2, -0.15) is 0 Å². The molecule has 150 valence electrons. The summed E-state index contributed by atoms with van der Waals surface area (Å²) < 4.78 is 1.75. The number of benzene rings is 2. The molecule has 2 aromatic heterocycles. The van der Waals surface area contributed by atoms with E-state index in [2.05, 4.69) is 47.1 Å². The third-order valence-corrected chi connectivity index (χ3v) is 5.41. The predicted octanol–water partition coefficient (Wildman–Crippen LogP) is 4.26. The third-order valence-electron chi connectivity index (χ3n) is 3.92. The van der Waals surface area contributed by atoms with Crippen molar-refractivity contribution in [2.75, 3.05) is 10.7 Å². The van der Waals surface area contributed by atoms with Gasteiger partial charge in [0.15, 0.2) is 5.13 Å². The number of para-hydroxylation sites is 1. The van der Waals surface area contributed by atoms with E-state index < -0.39 is 16.5 Å². The maximum atomic E-state index is 12.3. The minimum absolute atomic E-state index is 0.0468. The summed E-state index contributed by atoms with van der Waals surface area (Å²) in [5, 5.41) is 15.0. The fourth-order valence-corrected chi connectivity index (χ4v) is 3.68. The number of carbonyl (C=O) groups is 1. The Labute approximate surface area is 181 Å². The van der Waals surface area contributed by atoms with Gasteiger partial charge in [0, 0.05) is 10.0 Å². The molecule has 10 nitrogen and oxygen atoms in total. The zero-order valence-electron chi connectivity index (χ0n) is 15.0. The number of hydrazine groups is 1. The molecule has 4 rings (SSSR count). The van der Waals surface area contributed by atoms with Gasteiger partial charge in [-0.3, -0.25) is 25.8 Å². The number of hydrogen-bond acceptors (Lipinski definition) is 9. The molecule has 0 unspecified atom stereocenters. The summed E-state index contributed by atoms with van der Waals surface area (Å²) in [6.45, 7) is 0. The summed E-state index contributed by atoms with van der Waals surface area (Å²) in [4.78, 5) is 35.5. The number of rotatable bonds is 6. The van der Waals surface area contributed by atoms with Crippen LogP contribution in [0.25, 0.3) is 10.2 Å². The largest absolute Gasteiger partial charge is 0.355 e. The lowest BCUT2D eigenvalue weighted by molar-refractivity contribution is -0.383. The molecule has 0 atom stereocenters. The Morgan fingerprint density at radius 3 is 2.53 bits per heavy atom. The summed E-state index contributed by atoms with van der Waals surface area (Å²) in [5.41, 5.74) is 5.61. The van der Waals surface area contributed by atoms with E-state index >= 15 is 0 Å². The Morgan fingerprint density at radius 1 is 1.07 bits per heavy atom. The molecular weight excluding hydrogens is 474 g/mol. The van der Waals surface area contributed by atoms with Crippen LogP contribution in [0.15, 0.2) is 59.3 Å². The van der Waals surface area contributed by atoms with Gasteiger partial charge in [-0.15, -0.1) is 0 Å². The number of aromatic nitrogens is 3. The van der Waals surface area contributed by atoms with Crippen molar-refractivity contribution in [1.82, 2.24) is 20.4 Å². The van der Waals surface area contributed by atoms with Crippen molar-refractivity contribution in [3.05, 3.63) is 75.0 Å². The molecule has 0 radical (unpaired) electrons. The third kappa shape index (κ3) is 4.18. The molecule has 0 saturated carbocycles. The predicted molar refractivity (Wildman–Crippen MR) is 117 cm³/mol. The molecule has 0 saturated heterocycles. The maximum Gasteiger partial charge on any atom is 0.355 e. The standard InChI is InChI=1S/C18H12BrN7O3S/c19-11-7-5-10(6-8-11)17(27)25-24-16-14(26(28)29)15(20-9-21-16)23-18-22-12-3-1-2-4-13(12)30-18/h1-9H,(H,25,27)(H2,20,21,22,23,24). The number of carbonyl (C=O) groups excluding carboxylic acids is 1. The van der Waals surface area contributed by atoms with Crippen LogP contribution in [0.2, 0.25) is 0 Å². The number of amides is 1. The molecule has 30 heavy (non-hydrogen) atoms. The second-order valence-electron chi connectivity index (χ2n) is 5.87. The van der Waals surface area contributed by atoms with Gasteiger partial charge in [0.05, 0.1) is 15.1 Å². The molecule has 1 amide bonds. The number of thiazole rings is 1. The van der Waals surface area contributed by atoms with Gasteiger partial charge in [-0.1, -0.05) is 39.4 Å². The maximum absolute atomic E-state index is 12.3. The van der Waals surface area contributed by atoms with E-state index in [0.29, 0.717) is 10.7 Å². The highest BCUT2D eigenvalue weighted by Gasteiger charge is 2.24. The normalized spacial score (nSPS) is 10.6. The highest BCUT2D eigenvalue weighted by molar-refractivity contribution is 9.10. The highest BCUT2D eigenvalue weighted by atomic mass is 79.9. The van der Waals surface area contributed by atoms with E-state index in [9.17, 15) is 14.9 Å². The minimum Gasteiger partial charge on any atom is -0.310 e. The molecular formula is C18H12BrN7O3S. The number of halogens is 1. The van der Waals surface area contributed by atoms with Crippen LogP contribution in [0.4, 0.5) is 22.5 Å². The summed E-state index contributed by atoms with van der Waals surface area (Å²) in [5.74, 6) is -0.686. The summed E-state index contributed by atoms with van der Waals surface area (Å²) in [6, 6.07) is 14.1. The van der Waals surface area contributed by atoms with E-state index in [1.54, 1.807) is 24.3 Å². The van der Waals surface area contributed by atoms with Crippen LogP contribution < -0.4 is 16.2 Å². The Kier molecular flexibility index (Phi) is 5.50. The Morgan fingerprint density at radius 2 is 1.80 bits per heavy atom. The second-order valence-corrected chi connectivity index (χ2v) is 7.82. The van der Waals surface area contributed by atoms with E-state index in [-0.39, 0.29) is 11.6 Å². The van der Waals surface area contributed by atoms with Crippen molar-refractivity contribution in [2.24, 2.45) is 0 Å². The molecule has 0 aliphatic carbocycles. The van der Waals surface area contributed by atoms with Crippen LogP contribution in [0.5, 0.6) is 0 Å². The van der Waals surface area contributed by atoms with Crippen LogP contribution in [-0.4, -0.2) is 25.8 Å². The molecule has 2 heterocycles.